The molecular weight excluding hydrogens is 276 g/mol. The van der Waals surface area contributed by atoms with Gasteiger partial charge in [0.1, 0.15) is 6.04 Å². The van der Waals surface area contributed by atoms with Crippen LogP contribution in [0.4, 0.5) is 0 Å². The molecule has 0 fully saturated rings. The Morgan fingerprint density at radius 1 is 1.29 bits per heavy atom. The lowest BCUT2D eigenvalue weighted by Gasteiger charge is -2.17. The van der Waals surface area contributed by atoms with Crippen molar-refractivity contribution in [1.29, 1.82) is 0 Å². The van der Waals surface area contributed by atoms with Crippen molar-refractivity contribution >= 4 is 17.8 Å². The maximum Gasteiger partial charge on any atom is 0.326 e. The maximum absolute atomic E-state index is 11.9. The van der Waals surface area contributed by atoms with Crippen LogP contribution in [-0.4, -0.2) is 42.1 Å². The Hall–Kier alpha value is -2.41. The van der Waals surface area contributed by atoms with Crippen molar-refractivity contribution in [2.45, 2.75) is 24.9 Å². The normalized spacial score (nSPS) is 13.0. The van der Waals surface area contributed by atoms with Crippen LogP contribution in [0.3, 0.4) is 0 Å². The summed E-state index contributed by atoms with van der Waals surface area (Å²) in [5, 5.41) is 11.2. The largest absolute Gasteiger partial charge is 0.480 e. The second-order valence-electron chi connectivity index (χ2n) is 4.48. The third-order valence-electron chi connectivity index (χ3n) is 2.85. The lowest BCUT2D eigenvalue weighted by Crippen LogP contribution is -2.50. The minimum Gasteiger partial charge on any atom is -0.480 e. The first kappa shape index (κ1) is 16.6. The fourth-order valence-electron chi connectivity index (χ4n) is 1.69. The monoisotopic (exact) mass is 294 g/mol. The molecule has 0 aliphatic rings. The molecule has 7 nitrogen and oxygen atoms in total. The van der Waals surface area contributed by atoms with Crippen LogP contribution >= 0.6 is 0 Å². The van der Waals surface area contributed by atoms with Gasteiger partial charge in [0.15, 0.2) is 0 Å². The Labute approximate surface area is 122 Å². The fraction of sp³-hybridized carbons (Fsp3) is 0.357. The number of nitrogens with two attached hydrogens (primary N) is 1. The van der Waals surface area contributed by atoms with Gasteiger partial charge in [0.2, 0.25) is 5.91 Å². The van der Waals surface area contributed by atoms with Crippen LogP contribution in [0.2, 0.25) is 0 Å². The Bertz CT molecular complexity index is 503. The first-order valence-electron chi connectivity index (χ1n) is 6.33. The number of rotatable bonds is 7. The standard InChI is InChI=1S/C14H18N2O5/c1-21-12(17)8-11(14(19)20)16-13(18)10(15)7-9-5-3-2-4-6-9/h2-6,10-11H,7-8,15H2,1H3,(H,16,18)(H,19,20)/t10-,11+/m1/s1. The van der Waals surface area contributed by atoms with Crippen molar-refractivity contribution in [3.63, 3.8) is 0 Å². The van der Waals surface area contributed by atoms with Gasteiger partial charge in [0, 0.05) is 0 Å². The number of methoxy groups -OCH3 is 1. The van der Waals surface area contributed by atoms with Crippen LogP contribution < -0.4 is 11.1 Å². The molecule has 0 aliphatic heterocycles. The number of amides is 1. The molecule has 0 bridgehead atoms. The molecule has 1 aromatic rings. The number of ether oxygens (including phenoxy) is 1. The molecule has 1 aromatic carbocycles. The number of carboxylic acids is 1. The van der Waals surface area contributed by atoms with E-state index in [4.69, 9.17) is 10.8 Å². The van der Waals surface area contributed by atoms with Gasteiger partial charge in [-0.3, -0.25) is 9.59 Å². The first-order chi connectivity index (χ1) is 9.93. The van der Waals surface area contributed by atoms with E-state index in [9.17, 15) is 14.4 Å². The summed E-state index contributed by atoms with van der Waals surface area (Å²) in [6.07, 6.45) is -0.174. The molecule has 0 spiro atoms. The van der Waals surface area contributed by atoms with E-state index in [2.05, 4.69) is 10.1 Å². The minimum atomic E-state index is -1.35. The van der Waals surface area contributed by atoms with E-state index in [-0.39, 0.29) is 6.42 Å². The number of hydrogen-bond acceptors (Lipinski definition) is 5. The Kier molecular flexibility index (Phi) is 6.35. The van der Waals surface area contributed by atoms with E-state index in [1.807, 2.05) is 30.3 Å². The molecule has 0 unspecified atom stereocenters. The van der Waals surface area contributed by atoms with Crippen LogP contribution in [0, 0.1) is 0 Å². The summed E-state index contributed by atoms with van der Waals surface area (Å²) < 4.78 is 4.38. The summed E-state index contributed by atoms with van der Waals surface area (Å²) in [5.74, 6) is -2.67. The van der Waals surface area contributed by atoms with Crippen molar-refractivity contribution in [2.24, 2.45) is 5.73 Å². The topological polar surface area (TPSA) is 119 Å². The van der Waals surface area contributed by atoms with Gasteiger partial charge in [-0.05, 0) is 12.0 Å². The van der Waals surface area contributed by atoms with Gasteiger partial charge in [-0.15, -0.1) is 0 Å². The van der Waals surface area contributed by atoms with Gasteiger partial charge in [0.25, 0.3) is 0 Å². The summed E-state index contributed by atoms with van der Waals surface area (Å²) in [4.78, 5) is 34.0. The third-order valence-corrected chi connectivity index (χ3v) is 2.85. The third kappa shape index (κ3) is 5.62. The van der Waals surface area contributed by atoms with Gasteiger partial charge < -0.3 is 20.9 Å². The predicted molar refractivity (Wildman–Crippen MR) is 74.3 cm³/mol. The second-order valence-corrected chi connectivity index (χ2v) is 4.48. The zero-order valence-electron chi connectivity index (χ0n) is 11.6. The van der Waals surface area contributed by atoms with Gasteiger partial charge in [-0.2, -0.15) is 0 Å². The molecule has 1 amide bonds. The first-order valence-corrected chi connectivity index (χ1v) is 6.33. The Balaban J connectivity index is 2.60. The Morgan fingerprint density at radius 3 is 2.43 bits per heavy atom. The van der Waals surface area contributed by atoms with Gasteiger partial charge in [0.05, 0.1) is 19.6 Å². The summed E-state index contributed by atoms with van der Waals surface area (Å²) in [7, 11) is 1.14. The number of benzene rings is 1. The molecule has 2 atom stereocenters. The number of carbonyl (C=O) groups is 3. The summed E-state index contributed by atoms with van der Waals surface area (Å²) >= 11 is 0. The molecule has 0 saturated heterocycles. The van der Waals surface area contributed by atoms with Gasteiger partial charge in [-0.25, -0.2) is 4.79 Å². The molecule has 0 aliphatic carbocycles. The van der Waals surface area contributed by atoms with Crippen LogP contribution in [0.25, 0.3) is 0 Å². The summed E-state index contributed by atoms with van der Waals surface area (Å²) in [5.41, 5.74) is 6.60. The molecule has 21 heavy (non-hydrogen) atoms. The van der Waals surface area contributed by atoms with Crippen LogP contribution in [0.1, 0.15) is 12.0 Å². The molecule has 1 rings (SSSR count). The van der Waals surface area contributed by atoms with Crippen molar-refractivity contribution in [3.05, 3.63) is 35.9 Å². The van der Waals surface area contributed by atoms with Crippen molar-refractivity contribution < 1.29 is 24.2 Å². The van der Waals surface area contributed by atoms with Crippen LogP contribution in [0.15, 0.2) is 30.3 Å². The highest BCUT2D eigenvalue weighted by atomic mass is 16.5. The highest BCUT2D eigenvalue weighted by Crippen LogP contribution is 2.03. The highest BCUT2D eigenvalue weighted by Gasteiger charge is 2.26. The molecule has 0 saturated carbocycles. The Morgan fingerprint density at radius 2 is 1.90 bits per heavy atom. The van der Waals surface area contributed by atoms with Gasteiger partial charge >= 0.3 is 11.9 Å². The molecule has 0 radical (unpaired) electrons. The quantitative estimate of drug-likeness (QED) is 0.593. The minimum absolute atomic E-state index is 0.275. The predicted octanol–water partition coefficient (Wildman–Crippen LogP) is -0.311. The van der Waals surface area contributed by atoms with E-state index < -0.39 is 36.4 Å². The number of carboxylic acid groups (broad SMARTS) is 1. The van der Waals surface area contributed by atoms with Crippen molar-refractivity contribution in [2.75, 3.05) is 7.11 Å². The number of aliphatic carboxylic acids is 1. The van der Waals surface area contributed by atoms with E-state index in [0.717, 1.165) is 12.7 Å². The molecular formula is C14H18N2O5. The fourth-order valence-corrected chi connectivity index (χ4v) is 1.69. The smallest absolute Gasteiger partial charge is 0.326 e. The summed E-state index contributed by atoms with van der Waals surface area (Å²) in [6.45, 7) is 0. The van der Waals surface area contributed by atoms with E-state index >= 15 is 0 Å². The lowest BCUT2D eigenvalue weighted by atomic mass is 10.1. The lowest BCUT2D eigenvalue weighted by molar-refractivity contribution is -0.148. The molecule has 0 heterocycles. The second kappa shape index (κ2) is 8.01. The number of hydrogen-bond donors (Lipinski definition) is 3. The average molecular weight is 294 g/mol. The van der Waals surface area contributed by atoms with E-state index in [0.29, 0.717) is 0 Å². The zero-order chi connectivity index (χ0) is 15.8. The SMILES string of the molecule is COC(=O)C[C@H](NC(=O)[C@H](N)Cc1ccccc1)C(=O)O. The maximum atomic E-state index is 11.9. The number of carbonyl (C=O) groups excluding carboxylic acids is 2. The average Bonchev–Trinajstić information content (AvgIpc) is 2.47. The van der Waals surface area contributed by atoms with Gasteiger partial charge in [-0.1, -0.05) is 30.3 Å². The molecule has 114 valence electrons. The highest BCUT2D eigenvalue weighted by molar-refractivity contribution is 5.89. The van der Waals surface area contributed by atoms with Crippen LogP contribution in [-0.2, 0) is 25.5 Å². The van der Waals surface area contributed by atoms with Crippen molar-refractivity contribution in [3.8, 4) is 0 Å². The van der Waals surface area contributed by atoms with Crippen molar-refractivity contribution in [1.82, 2.24) is 5.32 Å². The van der Waals surface area contributed by atoms with E-state index in [1.165, 1.54) is 0 Å². The molecule has 7 heteroatoms. The zero-order valence-corrected chi connectivity index (χ0v) is 11.6. The molecule has 4 N–H and O–H groups in total. The number of esters is 1. The van der Waals surface area contributed by atoms with E-state index in [1.54, 1.807) is 0 Å². The summed E-state index contributed by atoms with van der Waals surface area (Å²) in [6, 6.07) is 6.85. The number of nitrogens with one attached hydrogen (secondary N) is 1. The molecule has 0 aromatic heterocycles. The van der Waals surface area contributed by atoms with Crippen LogP contribution in [0.5, 0.6) is 0 Å².